The Balaban J connectivity index is 1.84. The molecule has 1 aliphatic rings. The maximum absolute atomic E-state index is 12.2. The van der Waals surface area contributed by atoms with Crippen LogP contribution < -0.4 is 10.0 Å². The summed E-state index contributed by atoms with van der Waals surface area (Å²) in [5, 5.41) is 6.83. The van der Waals surface area contributed by atoms with Gasteiger partial charge in [-0.25, -0.2) is 21.9 Å². The predicted molar refractivity (Wildman–Crippen MR) is 72.7 cm³/mol. The van der Waals surface area contributed by atoms with Crippen LogP contribution in [0.15, 0.2) is 17.3 Å². The highest BCUT2D eigenvalue weighted by atomic mass is 32.2. The monoisotopic (exact) mass is 323 g/mol. The van der Waals surface area contributed by atoms with E-state index in [1.165, 1.54) is 0 Å². The highest BCUT2D eigenvalue weighted by Crippen LogP contribution is 2.08. The van der Waals surface area contributed by atoms with Crippen LogP contribution in [0.1, 0.15) is 0 Å². The molecular formula is C11H19F2N5O2S. The zero-order chi connectivity index (χ0) is 15.3. The first-order valence-corrected chi connectivity index (χ1v) is 8.19. The Morgan fingerprint density at radius 2 is 2.10 bits per heavy atom. The van der Waals surface area contributed by atoms with Gasteiger partial charge in [0.1, 0.15) is 11.4 Å². The molecule has 7 nitrogen and oxygen atoms in total. The van der Waals surface area contributed by atoms with E-state index in [0.29, 0.717) is 6.54 Å². The van der Waals surface area contributed by atoms with Crippen molar-refractivity contribution in [2.24, 2.45) is 0 Å². The number of nitrogens with one attached hydrogen (secondary N) is 2. The summed E-state index contributed by atoms with van der Waals surface area (Å²) < 4.78 is 51.8. The smallest absolute Gasteiger partial charge is 0.257 e. The van der Waals surface area contributed by atoms with Gasteiger partial charge >= 0.3 is 0 Å². The van der Waals surface area contributed by atoms with Crippen molar-refractivity contribution >= 4 is 10.0 Å². The second-order valence-electron chi connectivity index (χ2n) is 4.78. The molecule has 0 atom stereocenters. The van der Waals surface area contributed by atoms with Crippen LogP contribution in [0.2, 0.25) is 0 Å². The first kappa shape index (κ1) is 16.3. The summed E-state index contributed by atoms with van der Waals surface area (Å²) in [5.74, 6) is 0. The molecule has 2 rings (SSSR count). The molecule has 1 saturated heterocycles. The molecule has 0 aromatic carbocycles. The van der Waals surface area contributed by atoms with Crippen LogP contribution >= 0.6 is 0 Å². The summed E-state index contributed by atoms with van der Waals surface area (Å²) in [4.78, 5) is 2.06. The number of alkyl halides is 2. The molecule has 10 heteroatoms. The summed E-state index contributed by atoms with van der Waals surface area (Å²) in [6, 6.07) is 0. The van der Waals surface area contributed by atoms with Crippen LogP contribution in [0.4, 0.5) is 8.78 Å². The molecule has 1 aromatic heterocycles. The van der Waals surface area contributed by atoms with E-state index in [-0.39, 0.29) is 11.4 Å². The molecular weight excluding hydrogens is 304 g/mol. The van der Waals surface area contributed by atoms with E-state index < -0.39 is 23.0 Å². The van der Waals surface area contributed by atoms with Gasteiger partial charge in [-0.2, -0.15) is 5.10 Å². The van der Waals surface area contributed by atoms with Gasteiger partial charge in [0.25, 0.3) is 6.43 Å². The molecule has 1 aliphatic heterocycles. The Labute approximate surface area is 122 Å². The Bertz CT molecular complexity index is 543. The van der Waals surface area contributed by atoms with Crippen LogP contribution in [0.5, 0.6) is 0 Å². The van der Waals surface area contributed by atoms with Crippen LogP contribution in [0.25, 0.3) is 0 Å². The van der Waals surface area contributed by atoms with Gasteiger partial charge in [-0.1, -0.05) is 0 Å². The highest BCUT2D eigenvalue weighted by Gasteiger charge is 2.18. The number of hydrogen-bond donors (Lipinski definition) is 2. The molecule has 1 aromatic rings. The molecule has 2 heterocycles. The van der Waals surface area contributed by atoms with E-state index >= 15 is 0 Å². The maximum atomic E-state index is 12.2. The van der Waals surface area contributed by atoms with E-state index in [2.05, 4.69) is 20.0 Å². The van der Waals surface area contributed by atoms with Crippen molar-refractivity contribution < 1.29 is 17.2 Å². The highest BCUT2D eigenvalue weighted by molar-refractivity contribution is 7.89. The minimum atomic E-state index is -3.70. The average Bonchev–Trinajstić information content (AvgIpc) is 2.88. The molecule has 2 N–H and O–H groups in total. The van der Waals surface area contributed by atoms with Crippen LogP contribution in [-0.4, -0.2) is 68.8 Å². The fourth-order valence-electron chi connectivity index (χ4n) is 2.08. The zero-order valence-electron chi connectivity index (χ0n) is 11.5. The first-order valence-electron chi connectivity index (χ1n) is 6.71. The van der Waals surface area contributed by atoms with Crippen molar-refractivity contribution in [3.05, 3.63) is 12.4 Å². The van der Waals surface area contributed by atoms with Gasteiger partial charge < -0.3 is 5.32 Å². The lowest BCUT2D eigenvalue weighted by Crippen LogP contribution is -2.46. The summed E-state index contributed by atoms with van der Waals surface area (Å²) >= 11 is 0. The summed E-state index contributed by atoms with van der Waals surface area (Å²) in [7, 11) is -3.70. The lowest BCUT2D eigenvalue weighted by Gasteiger charge is -2.26. The van der Waals surface area contributed by atoms with Gasteiger partial charge in [0.2, 0.25) is 10.0 Å². The third-order valence-electron chi connectivity index (χ3n) is 3.17. The number of halogens is 2. The van der Waals surface area contributed by atoms with Gasteiger partial charge in [0, 0.05) is 45.5 Å². The molecule has 0 bridgehead atoms. The largest absolute Gasteiger partial charge is 0.314 e. The van der Waals surface area contributed by atoms with E-state index in [1.807, 2.05) is 0 Å². The molecule has 1 fully saturated rings. The fourth-order valence-corrected chi connectivity index (χ4v) is 3.05. The Hall–Kier alpha value is -1.10. The molecule has 120 valence electrons. The molecule has 0 unspecified atom stereocenters. The molecule has 21 heavy (non-hydrogen) atoms. The zero-order valence-corrected chi connectivity index (χ0v) is 12.3. The van der Waals surface area contributed by atoms with Crippen molar-refractivity contribution in [2.45, 2.75) is 17.9 Å². The van der Waals surface area contributed by atoms with Crippen molar-refractivity contribution in [2.75, 3.05) is 39.3 Å². The van der Waals surface area contributed by atoms with Gasteiger partial charge in [-0.05, 0) is 0 Å². The second kappa shape index (κ2) is 7.25. The third-order valence-corrected chi connectivity index (χ3v) is 4.59. The number of hydrogen-bond acceptors (Lipinski definition) is 5. The lowest BCUT2D eigenvalue weighted by molar-refractivity contribution is 0.121. The topological polar surface area (TPSA) is 79.3 Å². The second-order valence-corrected chi connectivity index (χ2v) is 6.55. The minimum Gasteiger partial charge on any atom is -0.314 e. The van der Waals surface area contributed by atoms with Gasteiger partial charge in [0.15, 0.2) is 0 Å². The van der Waals surface area contributed by atoms with Crippen LogP contribution in [-0.2, 0) is 16.6 Å². The van der Waals surface area contributed by atoms with Crippen molar-refractivity contribution in [1.82, 2.24) is 24.7 Å². The molecule has 0 spiro atoms. The van der Waals surface area contributed by atoms with Crippen LogP contribution in [0.3, 0.4) is 0 Å². The quantitative estimate of drug-likeness (QED) is 0.696. The molecule has 0 radical (unpaired) electrons. The summed E-state index contributed by atoms with van der Waals surface area (Å²) in [6.45, 7) is 3.84. The van der Waals surface area contributed by atoms with Crippen LogP contribution in [0, 0.1) is 0 Å². The Kier molecular flexibility index (Phi) is 5.62. The SMILES string of the molecule is O=S(=O)(NCCN1CCNCC1)c1cnn(CC(F)F)c1. The minimum absolute atomic E-state index is 0.0940. The number of aromatic nitrogens is 2. The van der Waals surface area contributed by atoms with Crippen molar-refractivity contribution in [3.63, 3.8) is 0 Å². The number of nitrogens with zero attached hydrogens (tertiary/aromatic N) is 3. The third kappa shape index (κ3) is 4.99. The first-order chi connectivity index (χ1) is 9.97. The fraction of sp³-hybridized carbons (Fsp3) is 0.727. The lowest BCUT2D eigenvalue weighted by atomic mass is 10.3. The average molecular weight is 323 g/mol. The van der Waals surface area contributed by atoms with E-state index in [4.69, 9.17) is 0 Å². The maximum Gasteiger partial charge on any atom is 0.257 e. The Morgan fingerprint density at radius 1 is 1.38 bits per heavy atom. The number of sulfonamides is 1. The normalized spacial score (nSPS) is 17.5. The summed E-state index contributed by atoms with van der Waals surface area (Å²) in [5.41, 5.74) is 0. The molecule has 0 saturated carbocycles. The van der Waals surface area contributed by atoms with E-state index in [1.54, 1.807) is 0 Å². The van der Waals surface area contributed by atoms with E-state index in [0.717, 1.165) is 43.3 Å². The number of rotatable bonds is 7. The Morgan fingerprint density at radius 3 is 2.76 bits per heavy atom. The van der Waals surface area contributed by atoms with Crippen molar-refractivity contribution in [1.29, 1.82) is 0 Å². The standard InChI is InChI=1S/C11H19F2N5O2S/c12-11(13)9-18-8-10(7-15-18)21(19,20)16-3-6-17-4-1-14-2-5-17/h7-8,11,14,16H,1-6,9H2. The molecule has 0 aliphatic carbocycles. The van der Waals surface area contributed by atoms with Crippen molar-refractivity contribution in [3.8, 4) is 0 Å². The van der Waals surface area contributed by atoms with E-state index in [9.17, 15) is 17.2 Å². The molecule has 0 amide bonds. The van der Waals surface area contributed by atoms with Gasteiger partial charge in [-0.3, -0.25) is 9.58 Å². The number of piperazine rings is 1. The summed E-state index contributed by atoms with van der Waals surface area (Å²) in [6.07, 6.45) is -0.379. The van der Waals surface area contributed by atoms with Gasteiger partial charge in [0.05, 0.1) is 6.20 Å². The van der Waals surface area contributed by atoms with Gasteiger partial charge in [-0.15, -0.1) is 0 Å². The predicted octanol–water partition coefficient (Wildman–Crippen LogP) is -0.668.